The second kappa shape index (κ2) is 11.3. The van der Waals surface area contributed by atoms with E-state index in [0.717, 1.165) is 16.9 Å². The molecule has 2 amide bonds. The van der Waals surface area contributed by atoms with Gasteiger partial charge >= 0.3 is 0 Å². The summed E-state index contributed by atoms with van der Waals surface area (Å²) >= 11 is 7.69. The van der Waals surface area contributed by atoms with E-state index in [1.807, 2.05) is 55.1 Å². The van der Waals surface area contributed by atoms with Gasteiger partial charge in [0, 0.05) is 18.1 Å². The first kappa shape index (κ1) is 25.3. The number of carbonyl (C=O) groups is 2. The smallest absolute Gasteiger partial charge is 0.283 e. The van der Waals surface area contributed by atoms with Gasteiger partial charge in [-0.3, -0.25) is 14.5 Å². The molecule has 7 nitrogen and oxygen atoms in total. The van der Waals surface area contributed by atoms with Gasteiger partial charge in [-0.15, -0.1) is 0 Å². The third kappa shape index (κ3) is 5.72. The zero-order valence-electron chi connectivity index (χ0n) is 20.0. The summed E-state index contributed by atoms with van der Waals surface area (Å²) in [5, 5.41) is 0.648. The molecule has 0 radical (unpaired) electrons. The van der Waals surface area contributed by atoms with Crippen molar-refractivity contribution in [2.45, 2.75) is 25.5 Å². The van der Waals surface area contributed by atoms with Gasteiger partial charge in [0.25, 0.3) is 5.91 Å². The van der Waals surface area contributed by atoms with E-state index >= 15 is 0 Å². The van der Waals surface area contributed by atoms with Crippen LogP contribution in [0.3, 0.4) is 0 Å². The molecular weight excluding hydrogens is 486 g/mol. The van der Waals surface area contributed by atoms with Crippen LogP contribution in [0.5, 0.6) is 5.75 Å². The molecule has 0 aliphatic carbocycles. The van der Waals surface area contributed by atoms with Crippen molar-refractivity contribution in [1.82, 2.24) is 4.90 Å². The molecule has 1 fully saturated rings. The molecule has 0 saturated carbocycles. The number of amidine groups is 1. The van der Waals surface area contributed by atoms with Crippen molar-refractivity contribution >= 4 is 52.1 Å². The number of methoxy groups -OCH3 is 1. The molecule has 35 heavy (non-hydrogen) atoms. The lowest BCUT2D eigenvalue weighted by atomic mass is 10.1. The highest BCUT2D eigenvalue weighted by molar-refractivity contribution is 8.15. The van der Waals surface area contributed by atoms with Gasteiger partial charge in [-0.05, 0) is 54.8 Å². The van der Waals surface area contributed by atoms with E-state index in [-0.39, 0.29) is 17.1 Å². The van der Waals surface area contributed by atoms with E-state index in [1.165, 1.54) is 11.8 Å². The predicted molar refractivity (Wildman–Crippen MR) is 141 cm³/mol. The Morgan fingerprint density at radius 3 is 2.57 bits per heavy atom. The minimum absolute atomic E-state index is 0.0328. The van der Waals surface area contributed by atoms with Crippen LogP contribution >= 0.6 is 23.4 Å². The van der Waals surface area contributed by atoms with E-state index < -0.39 is 0 Å². The van der Waals surface area contributed by atoms with Crippen LogP contribution in [0.15, 0.2) is 53.2 Å². The van der Waals surface area contributed by atoms with E-state index in [2.05, 4.69) is 4.99 Å². The maximum absolute atomic E-state index is 13.5. The summed E-state index contributed by atoms with van der Waals surface area (Å²) in [6.07, 6.45) is 2.34. The minimum Gasteiger partial charge on any atom is -0.497 e. The zero-order chi connectivity index (χ0) is 24.9. The third-order valence-electron chi connectivity index (χ3n) is 5.88. The van der Waals surface area contributed by atoms with Crippen molar-refractivity contribution in [2.24, 2.45) is 4.99 Å². The minimum atomic E-state index is -0.372. The number of amides is 2. The topological polar surface area (TPSA) is 71.4 Å². The number of aryl methyl sites for hydroxylation is 1. The molecule has 0 N–H and O–H groups in total. The van der Waals surface area contributed by atoms with Crippen molar-refractivity contribution in [3.05, 3.63) is 64.3 Å². The SMILES string of the molecule is CC[C@@H](SC1=N/C(=C\c2ccc(OC)cc2)C(=O)N1c1ccc(C)c(Cl)c1)C(=O)N1CCOCC1. The Hall–Kier alpha value is -2.81. The van der Waals surface area contributed by atoms with Crippen molar-refractivity contribution in [3.8, 4) is 5.75 Å². The van der Waals surface area contributed by atoms with Crippen LogP contribution in [0.4, 0.5) is 5.69 Å². The van der Waals surface area contributed by atoms with E-state index in [0.29, 0.717) is 54.3 Å². The predicted octanol–water partition coefficient (Wildman–Crippen LogP) is 4.77. The Bertz CT molecular complexity index is 1160. The lowest BCUT2D eigenvalue weighted by Crippen LogP contribution is -2.45. The van der Waals surface area contributed by atoms with Crippen LogP contribution in [0.25, 0.3) is 6.08 Å². The monoisotopic (exact) mass is 513 g/mol. The number of aliphatic imine (C=N–C) groups is 1. The van der Waals surface area contributed by atoms with Crippen LogP contribution in [-0.4, -0.2) is 60.5 Å². The lowest BCUT2D eigenvalue weighted by molar-refractivity contribution is -0.134. The molecule has 9 heteroatoms. The third-order valence-corrected chi connectivity index (χ3v) is 7.59. The largest absolute Gasteiger partial charge is 0.497 e. The van der Waals surface area contributed by atoms with Crippen LogP contribution < -0.4 is 9.64 Å². The fourth-order valence-electron chi connectivity index (χ4n) is 3.80. The number of hydrogen-bond donors (Lipinski definition) is 0. The molecule has 2 aromatic carbocycles. The lowest BCUT2D eigenvalue weighted by Gasteiger charge is -2.30. The first-order valence-corrected chi connectivity index (χ1v) is 12.7. The summed E-state index contributed by atoms with van der Waals surface area (Å²) in [5.74, 6) is 0.496. The molecule has 1 atom stereocenters. The number of anilines is 1. The summed E-state index contributed by atoms with van der Waals surface area (Å²) in [4.78, 5) is 34.8. The van der Waals surface area contributed by atoms with E-state index in [1.54, 1.807) is 24.2 Å². The van der Waals surface area contributed by atoms with Crippen molar-refractivity contribution in [1.29, 1.82) is 0 Å². The van der Waals surface area contributed by atoms with E-state index in [4.69, 9.17) is 21.1 Å². The molecule has 0 bridgehead atoms. The van der Waals surface area contributed by atoms with Gasteiger partial charge in [0.15, 0.2) is 5.17 Å². The zero-order valence-corrected chi connectivity index (χ0v) is 21.6. The molecule has 2 aliphatic rings. The average Bonchev–Trinajstić information content (AvgIpc) is 3.19. The summed E-state index contributed by atoms with van der Waals surface area (Å²) < 4.78 is 10.6. The molecule has 0 unspecified atom stereocenters. The molecule has 4 rings (SSSR count). The molecule has 2 heterocycles. The number of hydrogen-bond acceptors (Lipinski definition) is 6. The fourth-order valence-corrected chi connectivity index (χ4v) is 5.10. The number of morpholine rings is 1. The van der Waals surface area contributed by atoms with Crippen LogP contribution in [-0.2, 0) is 14.3 Å². The number of ether oxygens (including phenoxy) is 2. The summed E-state index contributed by atoms with van der Waals surface area (Å²) in [6, 6.07) is 12.9. The average molecular weight is 514 g/mol. The fraction of sp³-hybridized carbons (Fsp3) is 0.346. The number of halogens is 1. The highest BCUT2D eigenvalue weighted by Crippen LogP contribution is 2.34. The van der Waals surface area contributed by atoms with Gasteiger partial charge < -0.3 is 14.4 Å². The highest BCUT2D eigenvalue weighted by Gasteiger charge is 2.36. The highest BCUT2D eigenvalue weighted by atomic mass is 35.5. The Kier molecular flexibility index (Phi) is 8.15. The molecule has 2 aromatic rings. The molecule has 2 aliphatic heterocycles. The van der Waals surface area contributed by atoms with Crippen molar-refractivity contribution < 1.29 is 19.1 Å². The normalized spacial score (nSPS) is 18.1. The standard InChI is InChI=1S/C26H28ClN3O4S/c1-4-23(25(32)29-11-13-34-14-12-29)35-26-28-22(15-18-6-9-20(33-3)10-7-18)24(31)30(26)19-8-5-17(2)21(27)16-19/h5-10,15-16,23H,4,11-14H2,1-3H3/b22-15-/t23-/m1/s1. The number of carbonyl (C=O) groups excluding carboxylic acids is 2. The van der Waals surface area contributed by atoms with E-state index in [9.17, 15) is 9.59 Å². The Labute approximate surface area is 214 Å². The Morgan fingerprint density at radius 1 is 1.23 bits per heavy atom. The molecular formula is C26H28ClN3O4S. The first-order valence-electron chi connectivity index (χ1n) is 11.5. The van der Waals surface area contributed by atoms with Crippen LogP contribution in [0.2, 0.25) is 5.02 Å². The van der Waals surface area contributed by atoms with Gasteiger partial charge in [0.05, 0.1) is 31.3 Å². The summed E-state index contributed by atoms with van der Waals surface area (Å²) in [5.41, 5.74) is 2.64. The van der Waals surface area contributed by atoms with Crippen molar-refractivity contribution in [3.63, 3.8) is 0 Å². The molecule has 1 saturated heterocycles. The second-order valence-corrected chi connectivity index (χ2v) is 9.80. The van der Waals surface area contributed by atoms with Gasteiger partial charge in [-0.25, -0.2) is 4.99 Å². The van der Waals surface area contributed by atoms with Crippen LogP contribution in [0, 0.1) is 6.92 Å². The van der Waals surface area contributed by atoms with Gasteiger partial charge in [-0.1, -0.05) is 48.5 Å². The second-order valence-electron chi connectivity index (χ2n) is 8.22. The summed E-state index contributed by atoms with van der Waals surface area (Å²) in [6.45, 7) is 6.09. The number of rotatable bonds is 6. The Balaban J connectivity index is 1.67. The molecule has 0 aromatic heterocycles. The summed E-state index contributed by atoms with van der Waals surface area (Å²) in [7, 11) is 1.61. The van der Waals surface area contributed by atoms with Gasteiger partial charge in [0.2, 0.25) is 5.91 Å². The number of nitrogens with zero attached hydrogens (tertiary/aromatic N) is 3. The number of thioether (sulfide) groups is 1. The van der Waals surface area contributed by atoms with Gasteiger partial charge in [-0.2, -0.15) is 0 Å². The Morgan fingerprint density at radius 2 is 1.94 bits per heavy atom. The van der Waals surface area contributed by atoms with Crippen molar-refractivity contribution in [2.75, 3.05) is 38.3 Å². The quantitative estimate of drug-likeness (QED) is 0.520. The molecule has 0 spiro atoms. The molecule has 184 valence electrons. The maximum Gasteiger partial charge on any atom is 0.283 e. The van der Waals surface area contributed by atoms with Gasteiger partial charge in [0.1, 0.15) is 11.4 Å². The maximum atomic E-state index is 13.5. The van der Waals surface area contributed by atoms with Crippen LogP contribution in [0.1, 0.15) is 24.5 Å². The first-order chi connectivity index (χ1) is 16.9. The number of benzene rings is 2.